The molecule has 246 valence electrons. The predicted octanol–water partition coefficient (Wildman–Crippen LogP) is 5.28. The highest BCUT2D eigenvalue weighted by atomic mass is 19.1. The molecule has 0 bridgehead atoms. The van der Waals surface area contributed by atoms with Crippen LogP contribution in [0.4, 0.5) is 20.2 Å². The van der Waals surface area contributed by atoms with Crippen molar-refractivity contribution in [3.05, 3.63) is 78.5 Å². The summed E-state index contributed by atoms with van der Waals surface area (Å²) in [5, 5.41) is 8.01. The van der Waals surface area contributed by atoms with E-state index in [0.29, 0.717) is 53.3 Å². The van der Waals surface area contributed by atoms with Crippen molar-refractivity contribution < 1.29 is 37.3 Å². The van der Waals surface area contributed by atoms with E-state index in [-0.39, 0.29) is 11.4 Å². The van der Waals surface area contributed by atoms with Gasteiger partial charge in [0.25, 0.3) is 0 Å². The monoisotopic (exact) mass is 647 g/mol. The van der Waals surface area contributed by atoms with Gasteiger partial charge in [0.2, 0.25) is 11.8 Å². The van der Waals surface area contributed by atoms with Crippen LogP contribution in [0.25, 0.3) is 10.9 Å². The minimum absolute atomic E-state index is 0.0715. The van der Waals surface area contributed by atoms with E-state index in [0.717, 1.165) is 45.3 Å². The average molecular weight is 648 g/mol. The third kappa shape index (κ3) is 7.59. The second-order valence-corrected chi connectivity index (χ2v) is 11.3. The Hall–Kier alpha value is -4.85. The van der Waals surface area contributed by atoms with Crippen LogP contribution in [0.1, 0.15) is 19.3 Å². The Balaban J connectivity index is 1.08. The molecular formula is C34H35F2N5O6. The number of pyridine rings is 1. The summed E-state index contributed by atoms with van der Waals surface area (Å²) in [5.74, 6) is -0.926. The second kappa shape index (κ2) is 14.3. The number of morpholine rings is 1. The number of nitrogens with zero attached hydrogens (tertiary/aromatic N) is 2. The Bertz CT molecular complexity index is 1750. The summed E-state index contributed by atoms with van der Waals surface area (Å²) < 4.78 is 51.3. The zero-order valence-electron chi connectivity index (χ0n) is 25.8. The van der Waals surface area contributed by atoms with Crippen LogP contribution in [0, 0.1) is 17.0 Å². The van der Waals surface area contributed by atoms with E-state index >= 15 is 4.39 Å². The topological polar surface area (TPSA) is 123 Å². The van der Waals surface area contributed by atoms with Crippen molar-refractivity contribution >= 4 is 34.1 Å². The van der Waals surface area contributed by atoms with Crippen LogP contribution in [0.2, 0.25) is 0 Å². The molecule has 2 aliphatic rings. The molecule has 0 atom stereocenters. The first-order valence-corrected chi connectivity index (χ1v) is 15.4. The van der Waals surface area contributed by atoms with Gasteiger partial charge in [-0.25, -0.2) is 13.8 Å². The molecule has 13 heteroatoms. The molecule has 1 saturated carbocycles. The highest BCUT2D eigenvalue weighted by Gasteiger charge is 2.56. The summed E-state index contributed by atoms with van der Waals surface area (Å²) in [6.45, 7) is 4.36. The lowest BCUT2D eigenvalue weighted by Crippen LogP contribution is -2.46. The molecule has 1 aromatic heterocycles. The van der Waals surface area contributed by atoms with Gasteiger partial charge in [-0.1, -0.05) is 0 Å². The average Bonchev–Trinajstić information content (AvgIpc) is 3.90. The Morgan fingerprint density at radius 2 is 1.62 bits per heavy atom. The maximum atomic E-state index is 15.2. The SMILES string of the molecule is COc1cc2c(Oc3ccc(NC(=O)C4(C(=O)Nc5ccc(F)cc5)CC4)cc3F)ccnc2cc1OCCCNN1CCOCC1. The molecule has 2 heterocycles. The Morgan fingerprint density at radius 1 is 0.894 bits per heavy atom. The first kappa shape index (κ1) is 32.1. The lowest BCUT2D eigenvalue weighted by Gasteiger charge is -2.27. The van der Waals surface area contributed by atoms with E-state index in [9.17, 15) is 14.0 Å². The smallest absolute Gasteiger partial charge is 0.240 e. The van der Waals surface area contributed by atoms with Crippen molar-refractivity contribution in [3.63, 3.8) is 0 Å². The number of hydrazine groups is 1. The molecular weight excluding hydrogens is 612 g/mol. The van der Waals surface area contributed by atoms with Crippen molar-refractivity contribution in [2.75, 3.05) is 57.2 Å². The van der Waals surface area contributed by atoms with Crippen molar-refractivity contribution in [1.29, 1.82) is 0 Å². The van der Waals surface area contributed by atoms with Gasteiger partial charge >= 0.3 is 0 Å². The molecule has 6 rings (SSSR count). The summed E-state index contributed by atoms with van der Waals surface area (Å²) in [4.78, 5) is 30.3. The molecule has 4 aromatic rings. The Kier molecular flexibility index (Phi) is 9.76. The highest BCUT2D eigenvalue weighted by Crippen LogP contribution is 2.47. The number of fused-ring (bicyclic) bond motifs is 1. The van der Waals surface area contributed by atoms with Gasteiger partial charge in [0, 0.05) is 54.7 Å². The van der Waals surface area contributed by atoms with E-state index in [2.05, 4.69) is 26.1 Å². The fourth-order valence-electron chi connectivity index (χ4n) is 5.20. The summed E-state index contributed by atoms with van der Waals surface area (Å²) in [6, 6.07) is 14.4. The van der Waals surface area contributed by atoms with E-state index in [1.807, 2.05) is 0 Å². The number of nitrogens with one attached hydrogen (secondary N) is 3. The number of hydrogen-bond donors (Lipinski definition) is 3. The Morgan fingerprint density at radius 3 is 2.32 bits per heavy atom. The Labute approximate surface area is 270 Å². The molecule has 2 amide bonds. The summed E-state index contributed by atoms with van der Waals surface area (Å²) in [5.41, 5.74) is 3.21. The third-order valence-corrected chi connectivity index (χ3v) is 8.04. The number of carbonyl (C=O) groups excluding carboxylic acids is 2. The number of ether oxygens (including phenoxy) is 4. The van der Waals surface area contributed by atoms with Crippen LogP contribution in [0.5, 0.6) is 23.0 Å². The minimum Gasteiger partial charge on any atom is -0.493 e. The van der Waals surface area contributed by atoms with E-state index in [4.69, 9.17) is 18.9 Å². The van der Waals surface area contributed by atoms with E-state index in [1.165, 1.54) is 43.5 Å². The normalized spacial score (nSPS) is 15.6. The van der Waals surface area contributed by atoms with Gasteiger partial charge in [-0.3, -0.25) is 20.0 Å². The van der Waals surface area contributed by atoms with E-state index in [1.54, 1.807) is 24.4 Å². The molecule has 0 unspecified atom stereocenters. The molecule has 11 nitrogen and oxygen atoms in total. The van der Waals surface area contributed by atoms with Crippen molar-refractivity contribution in [2.24, 2.45) is 5.41 Å². The third-order valence-electron chi connectivity index (χ3n) is 8.04. The van der Waals surface area contributed by atoms with Gasteiger partial charge < -0.3 is 29.6 Å². The van der Waals surface area contributed by atoms with Crippen LogP contribution < -0.4 is 30.3 Å². The van der Waals surface area contributed by atoms with Crippen LogP contribution in [-0.4, -0.2) is 68.4 Å². The molecule has 1 saturated heterocycles. The fraction of sp³-hybridized carbons (Fsp3) is 0.324. The number of aromatic nitrogens is 1. The number of amides is 2. The van der Waals surface area contributed by atoms with Crippen molar-refractivity contribution in [2.45, 2.75) is 19.3 Å². The standard InChI is InChI=1S/C34H35F2N5O6/c1-44-30-20-25-27(21-31(30)46-16-2-12-38-41-14-17-45-18-15-41)37-13-9-28(25)47-29-8-7-24(19-26(29)36)40-33(43)34(10-11-34)32(42)39-23-5-3-22(35)4-6-23/h3-9,13,19-21,38H,2,10-12,14-18H2,1H3,(H,39,42)(H,40,43). The van der Waals surface area contributed by atoms with Crippen LogP contribution in [0.3, 0.4) is 0 Å². The maximum absolute atomic E-state index is 15.2. The zero-order chi connectivity index (χ0) is 32.8. The number of methoxy groups -OCH3 is 1. The number of carbonyl (C=O) groups is 2. The largest absolute Gasteiger partial charge is 0.493 e. The summed E-state index contributed by atoms with van der Waals surface area (Å²) in [6.07, 6.45) is 3.01. The molecule has 3 aromatic carbocycles. The summed E-state index contributed by atoms with van der Waals surface area (Å²) in [7, 11) is 1.54. The quantitative estimate of drug-likeness (QED) is 0.131. The molecule has 47 heavy (non-hydrogen) atoms. The van der Waals surface area contributed by atoms with Gasteiger partial charge in [0.05, 0.1) is 32.4 Å². The van der Waals surface area contributed by atoms with Crippen LogP contribution >= 0.6 is 0 Å². The molecule has 1 aliphatic carbocycles. The van der Waals surface area contributed by atoms with Crippen LogP contribution in [0.15, 0.2) is 66.9 Å². The van der Waals surface area contributed by atoms with Gasteiger partial charge in [-0.15, -0.1) is 0 Å². The predicted molar refractivity (Wildman–Crippen MR) is 171 cm³/mol. The number of rotatable bonds is 13. The minimum atomic E-state index is -1.28. The van der Waals surface area contributed by atoms with Gasteiger partial charge in [-0.05, 0) is 67.8 Å². The first-order chi connectivity index (χ1) is 22.8. The lowest BCUT2D eigenvalue weighted by atomic mass is 10.0. The first-order valence-electron chi connectivity index (χ1n) is 15.4. The molecule has 2 fully saturated rings. The summed E-state index contributed by atoms with van der Waals surface area (Å²) >= 11 is 0. The molecule has 0 spiro atoms. The number of halogens is 2. The second-order valence-electron chi connectivity index (χ2n) is 11.3. The number of anilines is 2. The number of benzene rings is 3. The zero-order valence-corrected chi connectivity index (χ0v) is 25.8. The highest BCUT2D eigenvalue weighted by molar-refractivity contribution is 6.16. The fourth-order valence-corrected chi connectivity index (χ4v) is 5.20. The lowest BCUT2D eigenvalue weighted by molar-refractivity contribution is -0.131. The van der Waals surface area contributed by atoms with Gasteiger partial charge in [0.1, 0.15) is 17.0 Å². The van der Waals surface area contributed by atoms with Gasteiger partial charge in [0.15, 0.2) is 23.1 Å². The van der Waals surface area contributed by atoms with Crippen molar-refractivity contribution in [1.82, 2.24) is 15.4 Å². The molecule has 1 aliphatic heterocycles. The van der Waals surface area contributed by atoms with Crippen LogP contribution in [-0.2, 0) is 14.3 Å². The van der Waals surface area contributed by atoms with Gasteiger partial charge in [-0.2, -0.15) is 0 Å². The molecule has 0 radical (unpaired) electrons. The maximum Gasteiger partial charge on any atom is 0.240 e. The molecule has 3 N–H and O–H groups in total. The number of hydrogen-bond acceptors (Lipinski definition) is 9. The van der Waals surface area contributed by atoms with E-state index < -0.39 is 28.9 Å². The van der Waals surface area contributed by atoms with Crippen molar-refractivity contribution in [3.8, 4) is 23.0 Å².